The molecular weight excluding hydrogens is 859 g/mol. The Labute approximate surface area is 412 Å². The van der Waals surface area contributed by atoms with Crippen molar-refractivity contribution >= 4 is 11.9 Å². The molecule has 8 unspecified atom stereocenters. The van der Waals surface area contributed by atoms with Crippen LogP contribution < -0.4 is 5.32 Å². The van der Waals surface area contributed by atoms with Gasteiger partial charge in [-0.1, -0.05) is 214 Å². The van der Waals surface area contributed by atoms with Crippen molar-refractivity contribution in [3.63, 3.8) is 0 Å². The molecule has 11 nitrogen and oxygen atoms in total. The summed E-state index contributed by atoms with van der Waals surface area (Å²) in [6, 6.07) is -1.04. The van der Waals surface area contributed by atoms with Crippen LogP contribution in [0.5, 0.6) is 0 Å². The summed E-state index contributed by atoms with van der Waals surface area (Å²) in [6.45, 7) is 5.44. The minimum absolute atomic E-state index is 0.0894. The van der Waals surface area contributed by atoms with E-state index in [0.29, 0.717) is 12.8 Å². The average Bonchev–Trinajstić information content (AvgIpc) is 3.33. The van der Waals surface area contributed by atoms with E-state index in [4.69, 9.17) is 14.2 Å². The number of aliphatic hydroxyl groups excluding tert-OH is 5. The summed E-state index contributed by atoms with van der Waals surface area (Å²) in [6.07, 6.45) is 47.4. The monoisotopic (exact) mass is 954 g/mol. The second-order valence-electron chi connectivity index (χ2n) is 18.0. The maximum Gasteiger partial charge on any atom is 0.306 e. The van der Waals surface area contributed by atoms with Crippen LogP contribution in [0.2, 0.25) is 0 Å². The predicted molar refractivity (Wildman–Crippen MR) is 278 cm³/mol. The summed E-state index contributed by atoms with van der Waals surface area (Å²) < 4.78 is 17.5. The third kappa shape index (κ3) is 33.2. The van der Waals surface area contributed by atoms with Crippen LogP contribution in [-0.2, 0) is 23.8 Å². The largest absolute Gasteiger partial charge is 0.454 e. The van der Waals surface area contributed by atoms with Crippen molar-refractivity contribution in [3.05, 3.63) is 97.2 Å². The molecular formula is C57H95NO10. The molecule has 1 amide bonds. The minimum Gasteiger partial charge on any atom is -0.454 e. The van der Waals surface area contributed by atoms with E-state index < -0.39 is 67.4 Å². The van der Waals surface area contributed by atoms with Crippen LogP contribution in [0.1, 0.15) is 188 Å². The van der Waals surface area contributed by atoms with E-state index in [-0.39, 0.29) is 19.4 Å². The molecule has 1 aliphatic heterocycles. The lowest BCUT2D eigenvalue weighted by atomic mass is 9.99. The quantitative estimate of drug-likeness (QED) is 0.0150. The van der Waals surface area contributed by atoms with Crippen molar-refractivity contribution in [2.75, 3.05) is 13.2 Å². The Morgan fingerprint density at radius 2 is 1.06 bits per heavy atom. The summed E-state index contributed by atoms with van der Waals surface area (Å²) in [5.74, 6) is -1.25. The zero-order valence-corrected chi connectivity index (χ0v) is 42.4. The highest BCUT2D eigenvalue weighted by Gasteiger charge is 2.47. The van der Waals surface area contributed by atoms with E-state index in [2.05, 4.69) is 50.4 Å². The molecule has 11 heteroatoms. The molecule has 68 heavy (non-hydrogen) atoms. The van der Waals surface area contributed by atoms with Gasteiger partial charge in [0.05, 0.1) is 25.4 Å². The number of hydrogen-bond acceptors (Lipinski definition) is 10. The fourth-order valence-corrected chi connectivity index (χ4v) is 7.66. The van der Waals surface area contributed by atoms with Crippen molar-refractivity contribution in [1.82, 2.24) is 5.32 Å². The van der Waals surface area contributed by atoms with E-state index in [0.717, 1.165) is 96.3 Å². The maximum absolute atomic E-state index is 13.3. The Morgan fingerprint density at radius 3 is 1.59 bits per heavy atom. The molecule has 0 radical (unpaired) electrons. The summed E-state index contributed by atoms with van der Waals surface area (Å²) >= 11 is 0. The molecule has 1 fully saturated rings. The van der Waals surface area contributed by atoms with Gasteiger partial charge in [-0.3, -0.25) is 9.59 Å². The molecule has 0 aromatic rings. The van der Waals surface area contributed by atoms with Gasteiger partial charge in [0.2, 0.25) is 5.91 Å². The standard InChI is InChI=1S/C57H95NO10/c1-4-7-10-13-16-19-22-25-26-27-30-33-36-39-42-45-52(62)68-55-54(64)53(63)51(46-59)67-57(55)66-47-48(49(60)43-40-37-34-31-28-23-20-17-14-11-8-5-2)58-56(65)50(61)44-41-38-35-32-29-24-21-18-15-12-9-6-3/h7,9-10,12-13,15-16,18-19,21-22,24-26,40,43,48-51,53-55,57,59-61,63-64H,4-6,8,11,14,17,20,23,27-39,41-42,44-47H2,1-3H3,(H,58,65)/b10-7+,12-9+,16-13+,18-15+,22-19+,24-21-,26-25-,43-40+. The molecule has 0 aromatic heterocycles. The van der Waals surface area contributed by atoms with Gasteiger partial charge in [-0.25, -0.2) is 0 Å². The summed E-state index contributed by atoms with van der Waals surface area (Å²) in [4.78, 5) is 26.4. The molecule has 0 bridgehead atoms. The van der Waals surface area contributed by atoms with Crippen LogP contribution in [0.25, 0.3) is 0 Å². The molecule has 0 spiro atoms. The van der Waals surface area contributed by atoms with Crippen molar-refractivity contribution < 1.29 is 49.3 Å². The minimum atomic E-state index is -1.63. The summed E-state index contributed by atoms with van der Waals surface area (Å²) in [5.41, 5.74) is 0. The number of nitrogens with one attached hydrogen (secondary N) is 1. The number of aliphatic hydroxyl groups is 5. The number of unbranched alkanes of at least 4 members (excludes halogenated alkanes) is 19. The molecule has 8 atom stereocenters. The summed E-state index contributed by atoms with van der Waals surface area (Å²) in [7, 11) is 0. The van der Waals surface area contributed by atoms with Crippen LogP contribution in [0.3, 0.4) is 0 Å². The number of amides is 1. The summed E-state index contributed by atoms with van der Waals surface area (Å²) in [5, 5.41) is 56.6. The number of carbonyl (C=O) groups is 2. The van der Waals surface area contributed by atoms with Gasteiger partial charge in [0.1, 0.15) is 24.4 Å². The van der Waals surface area contributed by atoms with Crippen molar-refractivity contribution in [3.8, 4) is 0 Å². The van der Waals surface area contributed by atoms with Crippen LogP contribution in [0.15, 0.2) is 97.2 Å². The number of esters is 1. The highest BCUT2D eigenvalue weighted by Crippen LogP contribution is 2.26. The normalized spacial score (nSPS) is 20.7. The first-order chi connectivity index (χ1) is 33.2. The fraction of sp³-hybridized carbons (Fsp3) is 0.684. The van der Waals surface area contributed by atoms with Gasteiger partial charge in [0, 0.05) is 6.42 Å². The Kier molecular flexibility index (Phi) is 41.2. The van der Waals surface area contributed by atoms with Crippen molar-refractivity contribution in [1.29, 1.82) is 0 Å². The Bertz CT molecular complexity index is 1470. The van der Waals surface area contributed by atoms with E-state index >= 15 is 0 Å². The maximum atomic E-state index is 13.3. The number of hydrogen-bond donors (Lipinski definition) is 6. The molecule has 0 aromatic carbocycles. The Balaban J connectivity index is 2.81. The third-order valence-corrected chi connectivity index (χ3v) is 11.9. The second-order valence-corrected chi connectivity index (χ2v) is 18.0. The van der Waals surface area contributed by atoms with Crippen LogP contribution in [0.4, 0.5) is 0 Å². The average molecular weight is 954 g/mol. The SMILES string of the molecule is CC/C=C/C=C/C=C\CCCCCCC(O)C(=O)NC(COC1OC(CO)C(O)C(O)C1OC(=O)CCCCCCC\C=C/C=C/C=C/C=C/CC)C(O)/C=C/CCCCCCCCCCCC. The van der Waals surface area contributed by atoms with Gasteiger partial charge in [0.15, 0.2) is 12.4 Å². The molecule has 388 valence electrons. The first-order valence-electron chi connectivity index (χ1n) is 26.6. The van der Waals surface area contributed by atoms with Gasteiger partial charge < -0.3 is 45.1 Å². The zero-order chi connectivity index (χ0) is 49.7. The van der Waals surface area contributed by atoms with Gasteiger partial charge in [0.25, 0.3) is 0 Å². The number of carbonyl (C=O) groups excluding carboxylic acids is 2. The lowest BCUT2D eigenvalue weighted by Gasteiger charge is -2.41. The first-order valence-corrected chi connectivity index (χ1v) is 26.6. The van der Waals surface area contributed by atoms with Gasteiger partial charge >= 0.3 is 5.97 Å². The lowest BCUT2D eigenvalue weighted by molar-refractivity contribution is -0.305. The predicted octanol–water partition coefficient (Wildman–Crippen LogP) is 11.2. The molecule has 1 saturated heterocycles. The van der Waals surface area contributed by atoms with Crippen LogP contribution >= 0.6 is 0 Å². The fourth-order valence-electron chi connectivity index (χ4n) is 7.66. The van der Waals surface area contributed by atoms with E-state index in [1.165, 1.54) is 44.9 Å². The zero-order valence-electron chi connectivity index (χ0n) is 42.4. The third-order valence-electron chi connectivity index (χ3n) is 11.9. The van der Waals surface area contributed by atoms with E-state index in [9.17, 15) is 35.1 Å². The number of rotatable bonds is 42. The highest BCUT2D eigenvalue weighted by molar-refractivity contribution is 5.80. The topological polar surface area (TPSA) is 175 Å². The molecule has 1 aliphatic rings. The lowest BCUT2D eigenvalue weighted by Crippen LogP contribution is -2.61. The first kappa shape index (κ1) is 62.6. The Hall–Kier alpha value is -3.42. The highest BCUT2D eigenvalue weighted by atomic mass is 16.7. The van der Waals surface area contributed by atoms with Crippen LogP contribution in [0, 0.1) is 0 Å². The Morgan fingerprint density at radius 1 is 0.588 bits per heavy atom. The van der Waals surface area contributed by atoms with Gasteiger partial charge in [-0.15, -0.1) is 0 Å². The number of ether oxygens (including phenoxy) is 3. The number of allylic oxidation sites excluding steroid dienone is 15. The molecule has 6 N–H and O–H groups in total. The molecule has 1 heterocycles. The van der Waals surface area contributed by atoms with Crippen molar-refractivity contribution in [2.24, 2.45) is 0 Å². The van der Waals surface area contributed by atoms with Crippen molar-refractivity contribution in [2.45, 2.75) is 237 Å². The van der Waals surface area contributed by atoms with E-state index in [1.54, 1.807) is 6.08 Å². The van der Waals surface area contributed by atoms with E-state index in [1.807, 2.05) is 66.8 Å². The molecule has 0 saturated carbocycles. The van der Waals surface area contributed by atoms with Crippen LogP contribution in [-0.4, -0.2) is 99.6 Å². The molecule has 1 rings (SSSR count). The molecule has 0 aliphatic carbocycles. The van der Waals surface area contributed by atoms with Gasteiger partial charge in [-0.2, -0.15) is 0 Å². The smallest absolute Gasteiger partial charge is 0.306 e. The van der Waals surface area contributed by atoms with Gasteiger partial charge in [-0.05, 0) is 64.2 Å². The second kappa shape index (κ2) is 44.8.